The Balaban J connectivity index is 1.49. The highest BCUT2D eigenvalue weighted by atomic mass is 16.6. The van der Waals surface area contributed by atoms with Crippen LogP contribution in [-0.4, -0.2) is 50.3 Å². The van der Waals surface area contributed by atoms with E-state index in [1.165, 1.54) is 0 Å². The molecule has 0 unspecified atom stereocenters. The average Bonchev–Trinajstić information content (AvgIpc) is 3.02. The molecule has 0 bridgehead atoms. The van der Waals surface area contributed by atoms with Gasteiger partial charge in [-0.1, -0.05) is 19.2 Å². The van der Waals surface area contributed by atoms with Crippen molar-refractivity contribution in [2.45, 2.75) is 19.8 Å². The molecule has 0 saturated carbocycles. The average molecular weight is 589 g/mol. The van der Waals surface area contributed by atoms with Gasteiger partial charge in [-0.05, 0) is 67.6 Å². The molecule has 3 aromatic carbocycles. The van der Waals surface area contributed by atoms with E-state index < -0.39 is 23.9 Å². The molecule has 10 nitrogen and oxygen atoms in total. The summed E-state index contributed by atoms with van der Waals surface area (Å²) in [5.41, 5.74) is 1.07. The first kappa shape index (κ1) is 32.1. The van der Waals surface area contributed by atoms with Gasteiger partial charge in [0, 0.05) is 30.6 Å². The number of carbonyl (C=O) groups excluding carboxylic acids is 4. The van der Waals surface area contributed by atoms with Crippen LogP contribution in [0.4, 0.5) is 0 Å². The molecule has 0 N–H and O–H groups in total. The van der Waals surface area contributed by atoms with Crippen LogP contribution in [0.15, 0.2) is 92.0 Å². The largest absolute Gasteiger partial charge is 0.493 e. The van der Waals surface area contributed by atoms with Gasteiger partial charge >= 0.3 is 23.9 Å². The number of esters is 4. The van der Waals surface area contributed by atoms with Crippen LogP contribution in [0.2, 0.25) is 0 Å². The molecule has 0 radical (unpaired) electrons. The van der Waals surface area contributed by atoms with Crippen molar-refractivity contribution in [1.29, 1.82) is 0 Å². The van der Waals surface area contributed by atoms with Crippen LogP contribution < -0.4 is 18.9 Å². The second-order valence-electron chi connectivity index (χ2n) is 8.85. The van der Waals surface area contributed by atoms with Crippen molar-refractivity contribution in [3.05, 3.63) is 109 Å². The van der Waals surface area contributed by atoms with Gasteiger partial charge in [0.15, 0.2) is 0 Å². The molecule has 0 amide bonds. The van der Waals surface area contributed by atoms with Gasteiger partial charge in [-0.3, -0.25) is 0 Å². The van der Waals surface area contributed by atoms with Crippen molar-refractivity contribution in [3.63, 3.8) is 0 Å². The number of benzene rings is 3. The summed E-state index contributed by atoms with van der Waals surface area (Å²) < 4.78 is 32.1. The zero-order chi connectivity index (χ0) is 31.0. The first-order valence-electron chi connectivity index (χ1n) is 13.4. The Kier molecular flexibility index (Phi) is 12.5. The molecule has 0 atom stereocenters. The van der Waals surface area contributed by atoms with E-state index in [0.29, 0.717) is 54.2 Å². The van der Waals surface area contributed by atoms with E-state index in [1.54, 1.807) is 73.7 Å². The second-order valence-corrected chi connectivity index (χ2v) is 8.85. The van der Waals surface area contributed by atoms with Gasteiger partial charge in [0.1, 0.15) is 23.0 Å². The van der Waals surface area contributed by atoms with Gasteiger partial charge in [-0.15, -0.1) is 0 Å². The Morgan fingerprint density at radius 2 is 1.00 bits per heavy atom. The molecule has 0 spiro atoms. The number of hydrogen-bond donors (Lipinski definition) is 0. The van der Waals surface area contributed by atoms with E-state index in [9.17, 15) is 19.2 Å². The van der Waals surface area contributed by atoms with E-state index in [0.717, 1.165) is 12.2 Å². The summed E-state index contributed by atoms with van der Waals surface area (Å²) in [7, 11) is 0. The van der Waals surface area contributed by atoms with Gasteiger partial charge in [-0.25, -0.2) is 19.2 Å². The fourth-order valence-corrected chi connectivity index (χ4v) is 3.47. The molecule has 0 aliphatic carbocycles. The lowest BCUT2D eigenvalue weighted by Crippen LogP contribution is -2.12. The summed E-state index contributed by atoms with van der Waals surface area (Å²) in [5.74, 6) is -0.589. The summed E-state index contributed by atoms with van der Waals surface area (Å²) in [5, 5.41) is 0. The third-order valence-corrected chi connectivity index (χ3v) is 5.76. The Hall–Kier alpha value is -5.38. The molecule has 10 heteroatoms. The molecule has 224 valence electrons. The van der Waals surface area contributed by atoms with Crippen LogP contribution in [0, 0.1) is 6.92 Å². The fourth-order valence-electron chi connectivity index (χ4n) is 3.47. The van der Waals surface area contributed by atoms with E-state index in [2.05, 4.69) is 13.2 Å². The van der Waals surface area contributed by atoms with Crippen molar-refractivity contribution in [1.82, 2.24) is 0 Å². The fraction of sp³-hybridized carbons (Fsp3) is 0.212. The van der Waals surface area contributed by atoms with Crippen molar-refractivity contribution in [2.75, 3.05) is 26.4 Å². The highest BCUT2D eigenvalue weighted by molar-refractivity contribution is 5.92. The Morgan fingerprint density at radius 3 is 1.37 bits per heavy atom. The molecule has 43 heavy (non-hydrogen) atoms. The van der Waals surface area contributed by atoms with E-state index in [4.69, 9.17) is 28.4 Å². The molecule has 0 saturated heterocycles. The van der Waals surface area contributed by atoms with Gasteiger partial charge in [0.2, 0.25) is 0 Å². The Morgan fingerprint density at radius 1 is 0.605 bits per heavy atom. The van der Waals surface area contributed by atoms with Crippen LogP contribution in [0.25, 0.3) is 0 Å². The first-order valence-corrected chi connectivity index (χ1v) is 13.4. The maximum Gasteiger partial charge on any atom is 0.343 e. The van der Waals surface area contributed by atoms with Crippen LogP contribution in [0.1, 0.15) is 39.1 Å². The molecular weight excluding hydrogens is 556 g/mol. The first-order chi connectivity index (χ1) is 20.8. The van der Waals surface area contributed by atoms with E-state index in [-0.39, 0.29) is 24.7 Å². The zero-order valence-electron chi connectivity index (χ0n) is 23.7. The summed E-state index contributed by atoms with van der Waals surface area (Å²) in [6, 6.07) is 17.6. The highest BCUT2D eigenvalue weighted by Crippen LogP contribution is 2.29. The van der Waals surface area contributed by atoms with Gasteiger partial charge in [0.25, 0.3) is 0 Å². The van der Waals surface area contributed by atoms with Gasteiger partial charge in [0.05, 0.1) is 37.6 Å². The minimum atomic E-state index is -0.594. The van der Waals surface area contributed by atoms with Gasteiger partial charge < -0.3 is 28.4 Å². The zero-order valence-corrected chi connectivity index (χ0v) is 23.7. The van der Waals surface area contributed by atoms with Crippen LogP contribution in [0.3, 0.4) is 0 Å². The highest BCUT2D eigenvalue weighted by Gasteiger charge is 2.16. The predicted molar refractivity (Wildman–Crippen MR) is 157 cm³/mol. The number of rotatable bonds is 16. The van der Waals surface area contributed by atoms with Gasteiger partial charge in [-0.2, -0.15) is 0 Å². The maximum absolute atomic E-state index is 12.7. The minimum absolute atomic E-state index is 0.212. The topological polar surface area (TPSA) is 124 Å². The molecule has 0 heterocycles. The summed E-state index contributed by atoms with van der Waals surface area (Å²) >= 11 is 0. The molecular formula is C33H32O10. The molecule has 0 aliphatic rings. The van der Waals surface area contributed by atoms with Crippen molar-refractivity contribution in [2.24, 2.45) is 0 Å². The molecule has 3 aromatic rings. The monoisotopic (exact) mass is 588 g/mol. The maximum atomic E-state index is 12.7. The van der Waals surface area contributed by atoms with E-state index >= 15 is 0 Å². The lowest BCUT2D eigenvalue weighted by atomic mass is 10.2. The molecule has 0 fully saturated rings. The molecule has 0 aliphatic heterocycles. The third-order valence-electron chi connectivity index (χ3n) is 5.76. The normalized spacial score (nSPS) is 10.2. The quantitative estimate of drug-likeness (QED) is 0.0926. The lowest BCUT2D eigenvalue weighted by Gasteiger charge is -2.12. The van der Waals surface area contributed by atoms with Crippen molar-refractivity contribution >= 4 is 23.9 Å². The summed E-state index contributed by atoms with van der Waals surface area (Å²) in [4.78, 5) is 47.6. The molecule has 0 aromatic heterocycles. The minimum Gasteiger partial charge on any atom is -0.493 e. The third kappa shape index (κ3) is 10.5. The summed E-state index contributed by atoms with van der Waals surface area (Å²) in [6.45, 7) is 9.41. The van der Waals surface area contributed by atoms with Crippen LogP contribution in [0.5, 0.6) is 23.0 Å². The number of hydrogen-bond acceptors (Lipinski definition) is 10. The smallest absolute Gasteiger partial charge is 0.343 e. The van der Waals surface area contributed by atoms with Crippen molar-refractivity contribution < 1.29 is 47.6 Å². The number of ether oxygens (including phenoxy) is 6. The Labute approximate surface area is 249 Å². The second kappa shape index (κ2) is 16.8. The SMILES string of the molecule is C=CC(=O)OCCCOc1ccc(C(=O)Oc2cccc(OC(=O)c3ccc(OCCCOC(=O)C=C)cc3)c2C)cc1. The van der Waals surface area contributed by atoms with Crippen LogP contribution in [-0.2, 0) is 19.1 Å². The standard InChI is InChI=1S/C33H32O10/c1-4-30(34)40-21-7-19-38-26-15-11-24(12-16-26)32(36)42-28-9-6-10-29(23(28)3)43-33(37)25-13-17-27(18-14-25)39-20-8-22-41-31(35)5-2/h4-6,9-18H,1-2,7-8,19-22H2,3H3. The molecule has 3 rings (SSSR count). The van der Waals surface area contributed by atoms with Crippen LogP contribution >= 0.6 is 0 Å². The Bertz CT molecular complexity index is 1320. The number of carbonyl (C=O) groups is 4. The summed E-state index contributed by atoms with van der Waals surface area (Å²) in [6.07, 6.45) is 3.20. The lowest BCUT2D eigenvalue weighted by molar-refractivity contribution is -0.138. The van der Waals surface area contributed by atoms with E-state index in [1.807, 2.05) is 0 Å². The predicted octanol–water partition coefficient (Wildman–Crippen LogP) is 5.43. The van der Waals surface area contributed by atoms with Crippen molar-refractivity contribution in [3.8, 4) is 23.0 Å².